The van der Waals surface area contributed by atoms with E-state index in [-0.39, 0.29) is 11.2 Å². The molecule has 0 amide bonds. The van der Waals surface area contributed by atoms with Crippen molar-refractivity contribution in [3.05, 3.63) is 11.6 Å². The maximum atomic E-state index is 11.5. The quantitative estimate of drug-likeness (QED) is 0.731. The van der Waals surface area contributed by atoms with Crippen LogP contribution in [0.5, 0.6) is 0 Å². The number of hydrogen-bond acceptors (Lipinski definition) is 2. The molecule has 0 spiro atoms. The van der Waals surface area contributed by atoms with Crippen LogP contribution < -0.4 is 0 Å². The second-order valence-electron chi connectivity index (χ2n) is 5.50. The van der Waals surface area contributed by atoms with Crippen molar-refractivity contribution in [2.24, 2.45) is 11.3 Å². The van der Waals surface area contributed by atoms with E-state index in [1.165, 1.54) is 0 Å². The Morgan fingerprint density at radius 1 is 1.50 bits per heavy atom. The van der Waals surface area contributed by atoms with Gasteiger partial charge in [0.05, 0.1) is 0 Å². The Bertz CT molecular complexity index is 324. The van der Waals surface area contributed by atoms with E-state index in [9.17, 15) is 9.59 Å². The normalized spacial score (nSPS) is 24.1. The first-order valence-electron chi connectivity index (χ1n) is 6.09. The summed E-state index contributed by atoms with van der Waals surface area (Å²) < 4.78 is 0. The van der Waals surface area contributed by atoms with E-state index in [0.29, 0.717) is 31.0 Å². The largest absolute Gasteiger partial charge is 0.300 e. The molecule has 0 heterocycles. The lowest BCUT2D eigenvalue weighted by Gasteiger charge is -2.37. The molecule has 1 rings (SSSR count). The molecule has 0 aromatic carbocycles. The van der Waals surface area contributed by atoms with E-state index in [1.807, 2.05) is 13.8 Å². The smallest absolute Gasteiger partial charge is 0.156 e. The summed E-state index contributed by atoms with van der Waals surface area (Å²) in [7, 11) is 0. The predicted octanol–water partition coefficient (Wildman–Crippen LogP) is 3.31. The maximum absolute atomic E-state index is 11.5. The Morgan fingerprint density at radius 3 is 2.62 bits per heavy atom. The molecule has 1 unspecified atom stereocenters. The van der Waals surface area contributed by atoms with Crippen LogP contribution in [-0.2, 0) is 9.59 Å². The van der Waals surface area contributed by atoms with Crippen molar-refractivity contribution < 1.29 is 9.59 Å². The van der Waals surface area contributed by atoms with Crippen LogP contribution in [0.1, 0.15) is 53.4 Å². The van der Waals surface area contributed by atoms with Gasteiger partial charge in [-0.25, -0.2) is 0 Å². The maximum Gasteiger partial charge on any atom is 0.156 e. The summed E-state index contributed by atoms with van der Waals surface area (Å²) in [4.78, 5) is 22.8. The lowest BCUT2D eigenvalue weighted by molar-refractivity contribution is -0.119. The molecule has 0 aliphatic heterocycles. The van der Waals surface area contributed by atoms with E-state index < -0.39 is 0 Å². The van der Waals surface area contributed by atoms with Crippen molar-refractivity contribution in [2.45, 2.75) is 53.4 Å². The van der Waals surface area contributed by atoms with E-state index >= 15 is 0 Å². The van der Waals surface area contributed by atoms with Crippen molar-refractivity contribution in [3.8, 4) is 0 Å². The molecule has 1 aliphatic carbocycles. The van der Waals surface area contributed by atoms with Gasteiger partial charge < -0.3 is 0 Å². The van der Waals surface area contributed by atoms with Crippen molar-refractivity contribution in [1.29, 1.82) is 0 Å². The van der Waals surface area contributed by atoms with Gasteiger partial charge in [0.1, 0.15) is 5.78 Å². The molecule has 16 heavy (non-hydrogen) atoms. The first kappa shape index (κ1) is 13.1. The highest BCUT2D eigenvalue weighted by atomic mass is 16.1. The van der Waals surface area contributed by atoms with Gasteiger partial charge in [-0.15, -0.1) is 0 Å². The lowest BCUT2D eigenvalue weighted by atomic mass is 9.66. The average molecular weight is 222 g/mol. The van der Waals surface area contributed by atoms with Gasteiger partial charge in [-0.05, 0) is 30.8 Å². The van der Waals surface area contributed by atoms with Crippen LogP contribution in [0.15, 0.2) is 11.6 Å². The number of carbonyl (C=O) groups excluding carboxylic acids is 2. The summed E-state index contributed by atoms with van der Waals surface area (Å²) in [5.41, 5.74) is 1.15. The van der Waals surface area contributed by atoms with Crippen LogP contribution in [0.2, 0.25) is 0 Å². The molecular formula is C14H22O2. The summed E-state index contributed by atoms with van der Waals surface area (Å²) >= 11 is 0. The first-order valence-corrected chi connectivity index (χ1v) is 6.09. The predicted molar refractivity (Wildman–Crippen MR) is 65.2 cm³/mol. The molecule has 0 saturated carbocycles. The van der Waals surface area contributed by atoms with E-state index in [1.54, 1.807) is 6.08 Å². The van der Waals surface area contributed by atoms with Gasteiger partial charge in [-0.3, -0.25) is 9.59 Å². The molecule has 0 aromatic heterocycles. The Morgan fingerprint density at radius 2 is 2.12 bits per heavy atom. The zero-order valence-corrected chi connectivity index (χ0v) is 10.8. The molecule has 1 aliphatic rings. The Balaban J connectivity index is 2.73. The average Bonchev–Trinajstić information content (AvgIpc) is 2.14. The monoisotopic (exact) mass is 222 g/mol. The van der Waals surface area contributed by atoms with Crippen LogP contribution >= 0.6 is 0 Å². The second-order valence-corrected chi connectivity index (χ2v) is 5.50. The van der Waals surface area contributed by atoms with Crippen molar-refractivity contribution >= 4 is 11.6 Å². The third-order valence-corrected chi connectivity index (χ3v) is 3.62. The van der Waals surface area contributed by atoms with Crippen LogP contribution in [-0.4, -0.2) is 11.6 Å². The highest BCUT2D eigenvalue weighted by molar-refractivity contribution is 5.92. The highest BCUT2D eigenvalue weighted by Crippen LogP contribution is 2.42. The van der Waals surface area contributed by atoms with Crippen LogP contribution in [0, 0.1) is 11.3 Å². The number of Topliss-reactive ketones (excluding diaryl/α,β-unsaturated/α-hetero) is 1. The molecule has 0 bridgehead atoms. The lowest BCUT2D eigenvalue weighted by Crippen LogP contribution is -2.32. The molecule has 0 aromatic rings. The highest BCUT2D eigenvalue weighted by Gasteiger charge is 2.35. The number of rotatable bonds is 4. The first-order chi connectivity index (χ1) is 7.36. The molecule has 2 heteroatoms. The van der Waals surface area contributed by atoms with Gasteiger partial charge in [0.15, 0.2) is 5.78 Å². The molecular weight excluding hydrogens is 200 g/mol. The zero-order valence-electron chi connectivity index (χ0n) is 10.8. The minimum atomic E-state index is 0.00391. The fourth-order valence-corrected chi connectivity index (χ4v) is 2.69. The van der Waals surface area contributed by atoms with Crippen LogP contribution in [0.25, 0.3) is 0 Å². The SMILES string of the molecule is CCC(=O)CCC1C(C)=CC(=O)CC1(C)C. The van der Waals surface area contributed by atoms with Crippen molar-refractivity contribution in [3.63, 3.8) is 0 Å². The van der Waals surface area contributed by atoms with Gasteiger partial charge >= 0.3 is 0 Å². The molecule has 0 saturated heterocycles. The fraction of sp³-hybridized carbons (Fsp3) is 0.714. The standard InChI is InChI=1S/C14H22O2/c1-5-11(15)6-7-13-10(2)8-12(16)9-14(13,3)4/h8,13H,5-7,9H2,1-4H3. The number of carbonyl (C=O) groups is 2. The third-order valence-electron chi connectivity index (χ3n) is 3.62. The summed E-state index contributed by atoms with van der Waals surface area (Å²) in [6, 6.07) is 0. The minimum absolute atomic E-state index is 0.00391. The molecule has 0 N–H and O–H groups in total. The summed E-state index contributed by atoms with van der Waals surface area (Å²) in [5.74, 6) is 0.918. The molecule has 2 nitrogen and oxygen atoms in total. The summed E-state index contributed by atoms with van der Waals surface area (Å²) in [5, 5.41) is 0. The number of hydrogen-bond donors (Lipinski definition) is 0. The van der Waals surface area contributed by atoms with Gasteiger partial charge in [-0.1, -0.05) is 26.3 Å². The summed E-state index contributed by atoms with van der Waals surface area (Å²) in [6.07, 6.45) is 4.51. The topological polar surface area (TPSA) is 34.1 Å². The van der Waals surface area contributed by atoms with Crippen LogP contribution in [0.4, 0.5) is 0 Å². The third kappa shape index (κ3) is 3.03. The van der Waals surface area contributed by atoms with Crippen LogP contribution in [0.3, 0.4) is 0 Å². The fourth-order valence-electron chi connectivity index (χ4n) is 2.69. The molecule has 0 radical (unpaired) electrons. The second kappa shape index (κ2) is 4.94. The number of ketones is 2. The molecule has 0 fully saturated rings. The Kier molecular flexibility index (Phi) is 4.06. The van der Waals surface area contributed by atoms with Gasteiger partial charge in [0, 0.05) is 19.3 Å². The Hall–Kier alpha value is -0.920. The number of allylic oxidation sites excluding steroid dienone is 2. The molecule has 1 atom stereocenters. The molecule has 90 valence electrons. The summed E-state index contributed by atoms with van der Waals surface area (Å²) in [6.45, 7) is 8.17. The van der Waals surface area contributed by atoms with E-state index in [2.05, 4.69) is 13.8 Å². The van der Waals surface area contributed by atoms with Gasteiger partial charge in [0.2, 0.25) is 0 Å². The van der Waals surface area contributed by atoms with Crippen molar-refractivity contribution in [1.82, 2.24) is 0 Å². The van der Waals surface area contributed by atoms with Gasteiger partial charge in [0.25, 0.3) is 0 Å². The zero-order chi connectivity index (χ0) is 12.3. The Labute approximate surface area is 98.1 Å². The van der Waals surface area contributed by atoms with E-state index in [4.69, 9.17) is 0 Å². The van der Waals surface area contributed by atoms with Crippen molar-refractivity contribution in [2.75, 3.05) is 0 Å². The van der Waals surface area contributed by atoms with E-state index in [0.717, 1.165) is 12.0 Å². The van der Waals surface area contributed by atoms with Gasteiger partial charge in [-0.2, -0.15) is 0 Å². The minimum Gasteiger partial charge on any atom is -0.300 e.